The molecule has 1 amide bonds. The van der Waals surface area contributed by atoms with Crippen LogP contribution in [0.4, 0.5) is 10.2 Å². The Bertz CT molecular complexity index is 1450. The van der Waals surface area contributed by atoms with Gasteiger partial charge < -0.3 is 15.0 Å². The summed E-state index contributed by atoms with van der Waals surface area (Å²) in [6.07, 6.45) is 1.50. The number of pyridine rings is 1. The Morgan fingerprint density at radius 2 is 1.75 bits per heavy atom. The number of nitrogens with zero attached hydrogens (tertiary/aromatic N) is 4. The van der Waals surface area contributed by atoms with Gasteiger partial charge in [-0.2, -0.15) is 0 Å². The predicted octanol–water partition coefficient (Wildman–Crippen LogP) is 4.44. The maximum atomic E-state index is 14.5. The van der Waals surface area contributed by atoms with Crippen LogP contribution in [0.3, 0.4) is 0 Å². The first-order valence-corrected chi connectivity index (χ1v) is 11.1. The number of aromatic carboxylic acids is 1. The van der Waals surface area contributed by atoms with Crippen molar-refractivity contribution < 1.29 is 23.9 Å². The summed E-state index contributed by atoms with van der Waals surface area (Å²) in [5.41, 5.74) is 1.06. The fourth-order valence-corrected chi connectivity index (χ4v) is 3.56. The number of carbonyl (C=O) groups excluding carboxylic acids is 2. The van der Waals surface area contributed by atoms with E-state index in [2.05, 4.69) is 20.5 Å². The second-order valence-corrected chi connectivity index (χ2v) is 8.31. The molecular formula is C26H22FN5O4. The number of hydrogen-bond donors (Lipinski definition) is 2. The summed E-state index contributed by atoms with van der Waals surface area (Å²) in [6, 6.07) is 14.5. The number of anilines is 1. The monoisotopic (exact) mass is 487 g/mol. The van der Waals surface area contributed by atoms with Gasteiger partial charge >= 0.3 is 5.97 Å². The van der Waals surface area contributed by atoms with Crippen LogP contribution in [0.1, 0.15) is 56.5 Å². The van der Waals surface area contributed by atoms with Crippen LogP contribution in [0.2, 0.25) is 0 Å². The van der Waals surface area contributed by atoms with Crippen molar-refractivity contribution in [3.05, 3.63) is 95.1 Å². The number of Topliss-reactive ketones (excluding diaryl/α,β-unsaturated/α-hetero) is 1. The molecule has 2 heterocycles. The zero-order chi connectivity index (χ0) is 25.8. The Balaban J connectivity index is 1.51. The Morgan fingerprint density at radius 1 is 1.03 bits per heavy atom. The highest BCUT2D eigenvalue weighted by atomic mass is 19.1. The van der Waals surface area contributed by atoms with Crippen LogP contribution in [0.5, 0.6) is 0 Å². The average Bonchev–Trinajstić information content (AvgIpc) is 3.36. The van der Waals surface area contributed by atoms with E-state index in [1.165, 1.54) is 36.4 Å². The van der Waals surface area contributed by atoms with Crippen molar-refractivity contribution in [3.63, 3.8) is 0 Å². The molecule has 4 rings (SSSR count). The van der Waals surface area contributed by atoms with Gasteiger partial charge in [-0.25, -0.2) is 14.2 Å². The van der Waals surface area contributed by atoms with Crippen molar-refractivity contribution in [2.45, 2.75) is 26.3 Å². The molecule has 0 atom stereocenters. The number of ketones is 1. The van der Waals surface area contributed by atoms with E-state index in [0.717, 1.165) is 6.07 Å². The van der Waals surface area contributed by atoms with Gasteiger partial charge in [0, 0.05) is 18.0 Å². The van der Waals surface area contributed by atoms with Gasteiger partial charge in [0.1, 0.15) is 23.7 Å². The maximum Gasteiger partial charge on any atom is 0.335 e. The summed E-state index contributed by atoms with van der Waals surface area (Å²) < 4.78 is 16.3. The first-order chi connectivity index (χ1) is 17.2. The third-order valence-electron chi connectivity index (χ3n) is 5.44. The van der Waals surface area contributed by atoms with E-state index in [-0.39, 0.29) is 35.2 Å². The van der Waals surface area contributed by atoms with Gasteiger partial charge in [-0.05, 0) is 55.8 Å². The molecule has 0 unspecified atom stereocenters. The molecule has 0 aliphatic rings. The highest BCUT2D eigenvalue weighted by Gasteiger charge is 2.17. The van der Waals surface area contributed by atoms with Crippen LogP contribution >= 0.6 is 0 Å². The van der Waals surface area contributed by atoms with Gasteiger partial charge in [0.15, 0.2) is 11.6 Å². The van der Waals surface area contributed by atoms with Crippen molar-refractivity contribution in [2.75, 3.05) is 5.32 Å². The van der Waals surface area contributed by atoms with Crippen LogP contribution < -0.4 is 5.32 Å². The quantitative estimate of drug-likeness (QED) is 0.352. The predicted molar refractivity (Wildman–Crippen MR) is 129 cm³/mol. The van der Waals surface area contributed by atoms with Crippen LogP contribution in [-0.4, -0.2) is 42.5 Å². The van der Waals surface area contributed by atoms with E-state index >= 15 is 0 Å². The van der Waals surface area contributed by atoms with Crippen molar-refractivity contribution >= 4 is 23.5 Å². The molecule has 10 heteroatoms. The number of amides is 1. The minimum Gasteiger partial charge on any atom is -0.478 e. The van der Waals surface area contributed by atoms with Gasteiger partial charge in [-0.15, -0.1) is 10.2 Å². The molecule has 0 spiro atoms. The second-order valence-electron chi connectivity index (χ2n) is 8.31. The Hall–Kier alpha value is -4.73. The number of hydrogen-bond acceptors (Lipinski definition) is 6. The SMILES string of the molecule is CC(C)n1cnnc1-c1cccc(NC(=O)c2cc(CC(=O)c3ccc(C(=O)O)cc3)ccc2F)n1. The fraction of sp³-hybridized carbons (Fsp3) is 0.154. The minimum absolute atomic E-state index is 0.0643. The van der Waals surface area contributed by atoms with Gasteiger partial charge in [-0.1, -0.05) is 24.3 Å². The minimum atomic E-state index is -1.09. The Labute approximate surface area is 205 Å². The summed E-state index contributed by atoms with van der Waals surface area (Å²) in [7, 11) is 0. The highest BCUT2D eigenvalue weighted by Crippen LogP contribution is 2.21. The molecule has 182 valence electrons. The molecule has 36 heavy (non-hydrogen) atoms. The van der Waals surface area contributed by atoms with Crippen molar-refractivity contribution in [1.29, 1.82) is 0 Å². The van der Waals surface area contributed by atoms with Gasteiger partial charge in [0.05, 0.1) is 11.1 Å². The van der Waals surface area contributed by atoms with Gasteiger partial charge in [-0.3, -0.25) is 9.59 Å². The molecule has 0 aliphatic heterocycles. The van der Waals surface area contributed by atoms with Crippen LogP contribution in [0.25, 0.3) is 11.5 Å². The third kappa shape index (κ3) is 5.33. The lowest BCUT2D eigenvalue weighted by molar-refractivity contribution is 0.0696. The highest BCUT2D eigenvalue weighted by molar-refractivity contribution is 6.04. The maximum absolute atomic E-state index is 14.5. The van der Waals surface area contributed by atoms with Crippen molar-refractivity contribution in [3.8, 4) is 11.5 Å². The summed E-state index contributed by atoms with van der Waals surface area (Å²) in [6.45, 7) is 3.95. The lowest BCUT2D eigenvalue weighted by Crippen LogP contribution is -2.16. The second kappa shape index (κ2) is 10.3. The van der Waals surface area contributed by atoms with Crippen LogP contribution in [-0.2, 0) is 6.42 Å². The lowest BCUT2D eigenvalue weighted by atomic mass is 10.00. The molecule has 0 bridgehead atoms. The van der Waals surface area contributed by atoms with Gasteiger partial charge in [0.2, 0.25) is 0 Å². The molecule has 9 nitrogen and oxygen atoms in total. The molecule has 0 saturated heterocycles. The van der Waals surface area contributed by atoms with E-state index in [1.807, 2.05) is 18.4 Å². The Kier molecular flexibility index (Phi) is 6.95. The fourth-order valence-electron chi connectivity index (χ4n) is 3.56. The number of benzene rings is 2. The summed E-state index contributed by atoms with van der Waals surface area (Å²) in [5.74, 6) is -2.12. The van der Waals surface area contributed by atoms with Crippen molar-refractivity contribution in [1.82, 2.24) is 19.7 Å². The summed E-state index contributed by atoms with van der Waals surface area (Å²) in [5, 5.41) is 19.6. The van der Waals surface area contributed by atoms with E-state index in [0.29, 0.717) is 22.6 Å². The van der Waals surface area contributed by atoms with Gasteiger partial charge in [0.25, 0.3) is 5.91 Å². The number of rotatable bonds is 8. The van der Waals surface area contributed by atoms with E-state index < -0.39 is 17.7 Å². The zero-order valence-electron chi connectivity index (χ0n) is 19.5. The topological polar surface area (TPSA) is 127 Å². The lowest BCUT2D eigenvalue weighted by Gasteiger charge is -2.11. The molecular weight excluding hydrogens is 465 g/mol. The average molecular weight is 487 g/mol. The molecule has 0 fully saturated rings. The van der Waals surface area contributed by atoms with E-state index in [9.17, 15) is 18.8 Å². The molecule has 2 N–H and O–H groups in total. The number of carbonyl (C=O) groups is 3. The first kappa shape index (κ1) is 24.4. The van der Waals surface area contributed by atoms with Crippen LogP contribution in [0, 0.1) is 5.82 Å². The number of halogens is 1. The standard InChI is InChI=1S/C26H22FN5O4/c1-15(2)32-14-28-31-24(32)21-4-3-5-23(29-21)30-25(34)19-12-16(6-11-20(19)27)13-22(33)17-7-9-18(10-8-17)26(35)36/h3-12,14-15H,13H2,1-2H3,(H,35,36)(H,29,30,34). The molecule has 2 aromatic carbocycles. The zero-order valence-corrected chi connectivity index (χ0v) is 19.5. The molecule has 0 aliphatic carbocycles. The number of carboxylic acid groups (broad SMARTS) is 1. The van der Waals surface area contributed by atoms with Crippen LogP contribution in [0.15, 0.2) is 67.0 Å². The molecule has 4 aromatic rings. The smallest absolute Gasteiger partial charge is 0.335 e. The molecule has 0 radical (unpaired) electrons. The number of nitrogens with one attached hydrogen (secondary N) is 1. The number of carboxylic acids is 1. The normalized spacial score (nSPS) is 10.9. The molecule has 0 saturated carbocycles. The Morgan fingerprint density at radius 3 is 2.44 bits per heavy atom. The summed E-state index contributed by atoms with van der Waals surface area (Å²) >= 11 is 0. The largest absolute Gasteiger partial charge is 0.478 e. The van der Waals surface area contributed by atoms with E-state index in [1.54, 1.807) is 24.5 Å². The number of aromatic nitrogens is 4. The summed E-state index contributed by atoms with van der Waals surface area (Å²) in [4.78, 5) is 40.9. The third-order valence-corrected chi connectivity index (χ3v) is 5.44. The van der Waals surface area contributed by atoms with Crippen molar-refractivity contribution in [2.24, 2.45) is 0 Å². The first-order valence-electron chi connectivity index (χ1n) is 11.1. The molecule has 2 aromatic heterocycles. The van der Waals surface area contributed by atoms with E-state index in [4.69, 9.17) is 5.11 Å².